The highest BCUT2D eigenvalue weighted by atomic mass is 79.9. The van der Waals surface area contributed by atoms with Crippen LogP contribution in [0.15, 0.2) is 58.0 Å². The van der Waals surface area contributed by atoms with Crippen LogP contribution in [-0.4, -0.2) is 32.5 Å². The molecule has 1 fully saturated rings. The molecular weight excluding hydrogens is 328 g/mol. The van der Waals surface area contributed by atoms with Gasteiger partial charge in [0.2, 0.25) is 0 Å². The van der Waals surface area contributed by atoms with Crippen LogP contribution in [0.5, 0.6) is 0 Å². The first-order valence-electron chi connectivity index (χ1n) is 7.04. The molecule has 0 bridgehead atoms. The van der Waals surface area contributed by atoms with Gasteiger partial charge in [0.1, 0.15) is 0 Å². The molecule has 1 aliphatic rings. The zero-order valence-corrected chi connectivity index (χ0v) is 13.3. The fourth-order valence-electron chi connectivity index (χ4n) is 2.34. The van der Waals surface area contributed by atoms with Gasteiger partial charge in [0.05, 0.1) is 24.6 Å². The number of hydrogen-bond donors (Lipinski definition) is 0. The Bertz CT molecular complexity index is 619. The second kappa shape index (κ2) is 6.87. The summed E-state index contributed by atoms with van der Waals surface area (Å²) in [6, 6.07) is 16.4. The maximum Gasteiger partial charge on any atom is 0.0863 e. The van der Waals surface area contributed by atoms with Crippen molar-refractivity contribution in [3.63, 3.8) is 0 Å². The molecule has 1 saturated heterocycles. The Hall–Kier alpha value is -1.65. The van der Waals surface area contributed by atoms with Gasteiger partial charge in [-0.15, -0.1) is 0 Å². The molecule has 3 nitrogen and oxygen atoms in total. The SMILES string of the molecule is Brc1ccc(C=Nc2ccccc2N2CCOCC2)cc1. The normalized spacial score (nSPS) is 15.6. The Balaban J connectivity index is 1.83. The fraction of sp³-hybridized carbons (Fsp3) is 0.235. The molecule has 0 N–H and O–H groups in total. The zero-order chi connectivity index (χ0) is 14.5. The third-order valence-corrected chi connectivity index (χ3v) is 3.98. The van der Waals surface area contributed by atoms with Crippen molar-refractivity contribution in [2.45, 2.75) is 0 Å². The average Bonchev–Trinajstić information content (AvgIpc) is 2.55. The lowest BCUT2D eigenvalue weighted by Crippen LogP contribution is -2.36. The third kappa shape index (κ3) is 3.71. The average molecular weight is 345 g/mol. The Labute approximate surface area is 133 Å². The summed E-state index contributed by atoms with van der Waals surface area (Å²) < 4.78 is 6.49. The Morgan fingerprint density at radius 1 is 1.00 bits per heavy atom. The van der Waals surface area contributed by atoms with E-state index in [-0.39, 0.29) is 0 Å². The molecule has 0 spiro atoms. The number of anilines is 1. The molecule has 0 saturated carbocycles. The van der Waals surface area contributed by atoms with E-state index in [0.717, 1.165) is 42.0 Å². The molecule has 3 rings (SSSR count). The first-order valence-corrected chi connectivity index (χ1v) is 7.83. The second-order valence-electron chi connectivity index (χ2n) is 4.90. The van der Waals surface area contributed by atoms with Crippen molar-refractivity contribution in [3.8, 4) is 0 Å². The summed E-state index contributed by atoms with van der Waals surface area (Å²) in [4.78, 5) is 6.99. The largest absolute Gasteiger partial charge is 0.378 e. The molecule has 2 aromatic carbocycles. The van der Waals surface area contributed by atoms with Crippen LogP contribution in [0.2, 0.25) is 0 Å². The minimum Gasteiger partial charge on any atom is -0.378 e. The molecule has 0 aliphatic carbocycles. The van der Waals surface area contributed by atoms with E-state index in [2.05, 4.69) is 44.0 Å². The van der Waals surface area contributed by atoms with Gasteiger partial charge in [-0.3, -0.25) is 4.99 Å². The van der Waals surface area contributed by atoms with Crippen molar-refractivity contribution in [1.82, 2.24) is 0 Å². The minimum atomic E-state index is 0.783. The molecule has 0 radical (unpaired) electrons. The van der Waals surface area contributed by atoms with Crippen LogP contribution in [-0.2, 0) is 4.74 Å². The number of nitrogens with zero attached hydrogens (tertiary/aromatic N) is 2. The maximum atomic E-state index is 5.42. The first-order chi connectivity index (χ1) is 10.3. The van der Waals surface area contributed by atoms with Gasteiger partial charge in [-0.2, -0.15) is 0 Å². The number of aliphatic imine (C=N–C) groups is 1. The molecule has 108 valence electrons. The van der Waals surface area contributed by atoms with Gasteiger partial charge in [-0.05, 0) is 29.8 Å². The molecule has 21 heavy (non-hydrogen) atoms. The van der Waals surface area contributed by atoms with Gasteiger partial charge in [-0.1, -0.05) is 40.2 Å². The highest BCUT2D eigenvalue weighted by Gasteiger charge is 2.13. The molecular formula is C17H17BrN2O. The summed E-state index contributed by atoms with van der Waals surface area (Å²) in [5.41, 5.74) is 3.27. The summed E-state index contributed by atoms with van der Waals surface area (Å²) in [5, 5.41) is 0. The number of ether oxygens (including phenoxy) is 1. The molecule has 0 atom stereocenters. The minimum absolute atomic E-state index is 0.783. The molecule has 0 unspecified atom stereocenters. The van der Waals surface area contributed by atoms with E-state index >= 15 is 0 Å². The lowest BCUT2D eigenvalue weighted by molar-refractivity contribution is 0.123. The standard InChI is InChI=1S/C17H17BrN2O/c18-15-7-5-14(6-8-15)13-19-16-3-1-2-4-17(16)20-9-11-21-12-10-20/h1-8,13H,9-12H2. The lowest BCUT2D eigenvalue weighted by atomic mass is 10.2. The number of morpholine rings is 1. The second-order valence-corrected chi connectivity index (χ2v) is 5.81. The van der Waals surface area contributed by atoms with E-state index in [1.165, 1.54) is 5.69 Å². The summed E-state index contributed by atoms with van der Waals surface area (Å²) in [7, 11) is 0. The van der Waals surface area contributed by atoms with Gasteiger partial charge < -0.3 is 9.64 Å². The van der Waals surface area contributed by atoms with Crippen molar-refractivity contribution in [1.29, 1.82) is 0 Å². The third-order valence-electron chi connectivity index (χ3n) is 3.46. The van der Waals surface area contributed by atoms with Gasteiger partial charge in [-0.25, -0.2) is 0 Å². The van der Waals surface area contributed by atoms with Crippen LogP contribution < -0.4 is 4.90 Å². The summed E-state index contributed by atoms with van der Waals surface area (Å²) >= 11 is 3.44. The van der Waals surface area contributed by atoms with Gasteiger partial charge in [0.25, 0.3) is 0 Å². The van der Waals surface area contributed by atoms with E-state index in [1.54, 1.807) is 0 Å². The van der Waals surface area contributed by atoms with Crippen molar-refractivity contribution < 1.29 is 4.74 Å². The van der Waals surface area contributed by atoms with Gasteiger partial charge in [0.15, 0.2) is 0 Å². The first kappa shape index (κ1) is 14.3. The van der Waals surface area contributed by atoms with Crippen LogP contribution in [0.1, 0.15) is 5.56 Å². The van der Waals surface area contributed by atoms with Crippen molar-refractivity contribution in [3.05, 3.63) is 58.6 Å². The Morgan fingerprint density at radius 2 is 1.71 bits per heavy atom. The van der Waals surface area contributed by atoms with Crippen LogP contribution in [0.4, 0.5) is 11.4 Å². The molecule has 0 aromatic heterocycles. The van der Waals surface area contributed by atoms with Gasteiger partial charge in [0, 0.05) is 23.8 Å². The lowest BCUT2D eigenvalue weighted by Gasteiger charge is -2.29. The van der Waals surface area contributed by atoms with E-state index in [9.17, 15) is 0 Å². The molecule has 1 aliphatic heterocycles. The van der Waals surface area contributed by atoms with Crippen LogP contribution in [0, 0.1) is 0 Å². The number of hydrogen-bond acceptors (Lipinski definition) is 3. The Kier molecular flexibility index (Phi) is 4.68. The quantitative estimate of drug-likeness (QED) is 0.785. The predicted octanol–water partition coefficient (Wildman–Crippen LogP) is 4.04. The summed E-state index contributed by atoms with van der Waals surface area (Å²) in [6.07, 6.45) is 1.91. The van der Waals surface area contributed by atoms with Crippen molar-refractivity contribution >= 4 is 33.5 Å². The topological polar surface area (TPSA) is 24.8 Å². The highest BCUT2D eigenvalue weighted by Crippen LogP contribution is 2.28. The van der Waals surface area contributed by atoms with Crippen LogP contribution >= 0.6 is 15.9 Å². The van der Waals surface area contributed by atoms with Crippen LogP contribution in [0.25, 0.3) is 0 Å². The molecule has 2 aromatic rings. The maximum absolute atomic E-state index is 5.42. The number of halogens is 1. The summed E-state index contributed by atoms with van der Waals surface area (Å²) in [6.45, 7) is 3.41. The predicted molar refractivity (Wildman–Crippen MR) is 90.9 cm³/mol. The van der Waals surface area contributed by atoms with Crippen LogP contribution in [0.3, 0.4) is 0 Å². The fourth-order valence-corrected chi connectivity index (χ4v) is 2.60. The van der Waals surface area contributed by atoms with E-state index in [1.807, 2.05) is 36.5 Å². The van der Waals surface area contributed by atoms with Crippen molar-refractivity contribution in [2.75, 3.05) is 31.2 Å². The number of para-hydroxylation sites is 2. The van der Waals surface area contributed by atoms with E-state index in [0.29, 0.717) is 0 Å². The molecule has 1 heterocycles. The van der Waals surface area contributed by atoms with Gasteiger partial charge >= 0.3 is 0 Å². The Morgan fingerprint density at radius 3 is 2.48 bits per heavy atom. The number of rotatable bonds is 3. The van der Waals surface area contributed by atoms with Crippen molar-refractivity contribution in [2.24, 2.45) is 4.99 Å². The van der Waals surface area contributed by atoms with E-state index < -0.39 is 0 Å². The van der Waals surface area contributed by atoms with E-state index in [4.69, 9.17) is 4.74 Å². The molecule has 4 heteroatoms. The highest BCUT2D eigenvalue weighted by molar-refractivity contribution is 9.10. The monoisotopic (exact) mass is 344 g/mol. The number of benzene rings is 2. The smallest absolute Gasteiger partial charge is 0.0863 e. The zero-order valence-electron chi connectivity index (χ0n) is 11.7. The molecule has 0 amide bonds. The summed E-state index contributed by atoms with van der Waals surface area (Å²) in [5.74, 6) is 0.